The lowest BCUT2D eigenvalue weighted by Gasteiger charge is -2.07. The summed E-state index contributed by atoms with van der Waals surface area (Å²) >= 11 is 0. The third-order valence-electron chi connectivity index (χ3n) is 2.45. The molecule has 7 heteroatoms. The summed E-state index contributed by atoms with van der Waals surface area (Å²) in [4.78, 5) is 10.7. The summed E-state index contributed by atoms with van der Waals surface area (Å²) in [5.74, 6) is 1.24. The van der Waals surface area contributed by atoms with Gasteiger partial charge in [-0.25, -0.2) is 4.57 Å². The fraction of sp³-hybridized carbons (Fsp3) is 0.500. The molecule has 0 aliphatic heterocycles. The third kappa shape index (κ3) is 2.28. The van der Waals surface area contributed by atoms with Crippen LogP contribution in [0.5, 0.6) is 5.88 Å². The average molecular weight is 349 g/mol. The molecule has 6 nitrogen and oxygen atoms in total. The maximum atomic E-state index is 5.30. The molecule has 0 atom stereocenters. The standard InChI is InChI=1S/C10H16N5O.HI/c1-13(2)10-11-8-7(9(12-10)16-5)14(3)6-15(8)4;/h6H,1-5H3;1H/q+1;/p-1. The molecule has 2 aromatic rings. The molecule has 0 aliphatic rings. The molecule has 94 valence electrons. The van der Waals surface area contributed by atoms with Crippen LogP contribution in [0.25, 0.3) is 11.2 Å². The Hall–Kier alpha value is -1.12. The molecule has 0 spiro atoms. The minimum Gasteiger partial charge on any atom is -1.00 e. The van der Waals surface area contributed by atoms with E-state index in [1.54, 1.807) is 7.11 Å². The average Bonchev–Trinajstić information content (AvgIpc) is 2.53. The highest BCUT2D eigenvalue weighted by Gasteiger charge is 2.21. The highest BCUT2D eigenvalue weighted by Crippen LogP contribution is 2.21. The number of imidazole rings is 1. The smallest absolute Gasteiger partial charge is 0.311 e. The van der Waals surface area contributed by atoms with Crippen LogP contribution in [0.4, 0.5) is 5.95 Å². The highest BCUT2D eigenvalue weighted by atomic mass is 127. The molecule has 2 aromatic heterocycles. The van der Waals surface area contributed by atoms with Gasteiger partial charge in [0.15, 0.2) is 6.33 Å². The van der Waals surface area contributed by atoms with Crippen molar-refractivity contribution in [2.24, 2.45) is 14.1 Å². The Morgan fingerprint density at radius 3 is 2.53 bits per heavy atom. The third-order valence-corrected chi connectivity index (χ3v) is 2.45. The maximum Gasteiger partial charge on any atom is 0.311 e. The zero-order valence-electron chi connectivity index (χ0n) is 10.6. The van der Waals surface area contributed by atoms with Crippen molar-refractivity contribution in [1.82, 2.24) is 14.5 Å². The van der Waals surface area contributed by atoms with Crippen LogP contribution in [0.15, 0.2) is 6.33 Å². The van der Waals surface area contributed by atoms with Gasteiger partial charge in [-0.3, -0.25) is 4.57 Å². The molecule has 0 saturated carbocycles. The molecule has 2 rings (SSSR count). The monoisotopic (exact) mass is 349 g/mol. The van der Waals surface area contributed by atoms with Gasteiger partial charge in [-0.1, -0.05) is 4.98 Å². The Kier molecular flexibility index (Phi) is 4.12. The minimum absolute atomic E-state index is 0. The van der Waals surface area contributed by atoms with Crippen molar-refractivity contribution in [3.05, 3.63) is 6.33 Å². The number of hydrogen-bond acceptors (Lipinski definition) is 4. The van der Waals surface area contributed by atoms with Gasteiger partial charge in [0, 0.05) is 14.1 Å². The van der Waals surface area contributed by atoms with Crippen molar-refractivity contribution in [3.63, 3.8) is 0 Å². The van der Waals surface area contributed by atoms with E-state index in [1.165, 1.54) is 0 Å². The molecule has 0 aromatic carbocycles. The number of nitrogens with zero attached hydrogens (tertiary/aromatic N) is 5. The Morgan fingerprint density at radius 2 is 2.00 bits per heavy atom. The Labute approximate surface area is 117 Å². The van der Waals surface area contributed by atoms with Gasteiger partial charge >= 0.3 is 11.6 Å². The zero-order valence-corrected chi connectivity index (χ0v) is 12.8. The molecule has 0 fully saturated rings. The van der Waals surface area contributed by atoms with Crippen molar-refractivity contribution >= 4 is 17.1 Å². The van der Waals surface area contributed by atoms with Crippen LogP contribution in [0.1, 0.15) is 0 Å². The van der Waals surface area contributed by atoms with Gasteiger partial charge in [0.25, 0.3) is 5.88 Å². The Balaban J connectivity index is 0.00000144. The first-order chi connectivity index (χ1) is 7.54. The fourth-order valence-corrected chi connectivity index (χ4v) is 1.68. The first kappa shape index (κ1) is 13.9. The van der Waals surface area contributed by atoms with Gasteiger partial charge in [0.2, 0.25) is 5.52 Å². The maximum absolute atomic E-state index is 5.30. The number of aromatic nitrogens is 4. The van der Waals surface area contributed by atoms with Crippen LogP contribution in [0.2, 0.25) is 0 Å². The number of ether oxygens (including phenoxy) is 1. The van der Waals surface area contributed by atoms with Crippen molar-refractivity contribution in [1.29, 1.82) is 0 Å². The SMILES string of the molecule is COc1nc(N(C)C)nc2c1n(C)c[n+]2C.[I-]. The van der Waals surface area contributed by atoms with Crippen molar-refractivity contribution in [3.8, 4) is 5.88 Å². The summed E-state index contributed by atoms with van der Waals surface area (Å²) in [5, 5.41) is 0. The first-order valence-corrected chi connectivity index (χ1v) is 4.98. The van der Waals surface area contributed by atoms with E-state index in [4.69, 9.17) is 4.74 Å². The van der Waals surface area contributed by atoms with Gasteiger partial charge < -0.3 is 33.6 Å². The number of rotatable bonds is 2. The molecule has 0 aliphatic carbocycles. The summed E-state index contributed by atoms with van der Waals surface area (Å²) in [6, 6.07) is 0. The van der Waals surface area contributed by atoms with E-state index in [0.29, 0.717) is 11.8 Å². The zero-order chi connectivity index (χ0) is 11.9. The summed E-state index contributed by atoms with van der Waals surface area (Å²) in [5.41, 5.74) is 1.76. The Morgan fingerprint density at radius 1 is 1.35 bits per heavy atom. The molecular weight excluding hydrogens is 333 g/mol. The lowest BCUT2D eigenvalue weighted by Crippen LogP contribution is -3.00. The second-order valence-electron chi connectivity index (χ2n) is 3.94. The number of aryl methyl sites for hydroxylation is 2. The minimum atomic E-state index is 0. The van der Waals surface area contributed by atoms with Gasteiger partial charge in [-0.05, 0) is 0 Å². The van der Waals surface area contributed by atoms with Gasteiger partial charge in [0.05, 0.1) is 21.2 Å². The van der Waals surface area contributed by atoms with Gasteiger partial charge in [-0.2, -0.15) is 4.98 Å². The molecule has 17 heavy (non-hydrogen) atoms. The van der Waals surface area contributed by atoms with E-state index in [1.807, 2.05) is 48.6 Å². The van der Waals surface area contributed by atoms with Gasteiger partial charge in [-0.15, -0.1) is 0 Å². The molecular formula is C10H16IN5O. The molecule has 0 N–H and O–H groups in total. The number of methoxy groups -OCH3 is 1. The van der Waals surface area contributed by atoms with Gasteiger partial charge in [0.1, 0.15) is 0 Å². The van der Waals surface area contributed by atoms with E-state index >= 15 is 0 Å². The summed E-state index contributed by atoms with van der Waals surface area (Å²) in [7, 11) is 9.33. The Bertz CT molecular complexity index is 537. The lowest BCUT2D eigenvalue weighted by molar-refractivity contribution is -0.647. The van der Waals surface area contributed by atoms with E-state index < -0.39 is 0 Å². The number of fused-ring (bicyclic) bond motifs is 1. The molecule has 0 bridgehead atoms. The fourth-order valence-electron chi connectivity index (χ4n) is 1.68. The topological polar surface area (TPSA) is 47.1 Å². The second-order valence-corrected chi connectivity index (χ2v) is 3.94. The van der Waals surface area contributed by atoms with Crippen LogP contribution in [0, 0.1) is 0 Å². The molecule has 0 radical (unpaired) electrons. The number of anilines is 1. The lowest BCUT2D eigenvalue weighted by atomic mass is 10.5. The summed E-state index contributed by atoms with van der Waals surface area (Å²) in [6.07, 6.45) is 1.95. The first-order valence-electron chi connectivity index (χ1n) is 4.98. The molecule has 2 heterocycles. The molecule has 0 unspecified atom stereocenters. The van der Waals surface area contributed by atoms with Crippen LogP contribution < -0.4 is 38.2 Å². The largest absolute Gasteiger partial charge is 1.00 e. The van der Waals surface area contributed by atoms with Crippen LogP contribution in [0.3, 0.4) is 0 Å². The van der Waals surface area contributed by atoms with E-state index in [9.17, 15) is 0 Å². The number of hydrogen-bond donors (Lipinski definition) is 0. The predicted octanol–water partition coefficient (Wildman–Crippen LogP) is -3.13. The quantitative estimate of drug-likeness (QED) is 0.425. The van der Waals surface area contributed by atoms with Crippen molar-refractivity contribution < 1.29 is 33.3 Å². The molecule has 0 saturated heterocycles. The van der Waals surface area contributed by atoms with E-state index in [2.05, 4.69) is 9.97 Å². The van der Waals surface area contributed by atoms with Crippen LogP contribution >= 0.6 is 0 Å². The van der Waals surface area contributed by atoms with Crippen molar-refractivity contribution in [2.45, 2.75) is 0 Å². The van der Waals surface area contributed by atoms with Crippen LogP contribution in [-0.4, -0.2) is 35.7 Å². The van der Waals surface area contributed by atoms with Crippen molar-refractivity contribution in [2.75, 3.05) is 26.1 Å². The van der Waals surface area contributed by atoms with Crippen LogP contribution in [-0.2, 0) is 14.1 Å². The predicted molar refractivity (Wildman–Crippen MR) is 60.6 cm³/mol. The van der Waals surface area contributed by atoms with E-state index in [0.717, 1.165) is 11.2 Å². The number of halogens is 1. The normalized spacial score (nSPS) is 10.2. The highest BCUT2D eigenvalue weighted by molar-refractivity contribution is 5.75. The van der Waals surface area contributed by atoms with E-state index in [-0.39, 0.29) is 24.0 Å². The molecule has 0 amide bonds. The summed E-state index contributed by atoms with van der Waals surface area (Å²) < 4.78 is 9.20. The summed E-state index contributed by atoms with van der Waals surface area (Å²) in [6.45, 7) is 0. The second kappa shape index (κ2) is 5.03.